The van der Waals surface area contributed by atoms with Crippen molar-refractivity contribution in [1.29, 1.82) is 0 Å². The fourth-order valence-corrected chi connectivity index (χ4v) is 1.49. The molecule has 1 aliphatic carbocycles. The predicted octanol–water partition coefficient (Wildman–Crippen LogP) is 0.318. The SMILES string of the molecule is CC(C)(C)OC(N)=O.NS(=O)(=O)C1CC1. The highest BCUT2D eigenvalue weighted by atomic mass is 32.2. The Hall–Kier alpha value is -0.820. The Labute approximate surface area is 90.0 Å². The molecule has 90 valence electrons. The highest BCUT2D eigenvalue weighted by molar-refractivity contribution is 7.90. The van der Waals surface area contributed by atoms with Crippen molar-refractivity contribution in [3.8, 4) is 0 Å². The van der Waals surface area contributed by atoms with Gasteiger partial charge in [0.2, 0.25) is 10.0 Å². The van der Waals surface area contributed by atoms with Crippen LogP contribution < -0.4 is 10.9 Å². The first-order chi connectivity index (χ1) is 6.52. The lowest BCUT2D eigenvalue weighted by Gasteiger charge is -2.16. The normalized spacial score (nSPS) is 16.3. The molecule has 0 radical (unpaired) electrons. The molecule has 6 nitrogen and oxygen atoms in total. The van der Waals surface area contributed by atoms with Crippen molar-refractivity contribution < 1.29 is 17.9 Å². The number of ether oxygens (including phenoxy) is 1. The molecule has 1 saturated carbocycles. The molecule has 1 amide bonds. The maximum Gasteiger partial charge on any atom is 0.405 e. The van der Waals surface area contributed by atoms with Gasteiger partial charge in [-0.2, -0.15) is 0 Å². The van der Waals surface area contributed by atoms with Crippen LogP contribution in [0.3, 0.4) is 0 Å². The zero-order chi connectivity index (χ0) is 12.3. The zero-order valence-electron chi connectivity index (χ0n) is 9.19. The number of carbonyl (C=O) groups is 1. The van der Waals surface area contributed by atoms with Gasteiger partial charge in [-0.05, 0) is 33.6 Å². The van der Waals surface area contributed by atoms with Gasteiger partial charge in [0.05, 0.1) is 5.25 Å². The van der Waals surface area contributed by atoms with Gasteiger partial charge in [0, 0.05) is 0 Å². The first-order valence-electron chi connectivity index (χ1n) is 4.52. The Balaban J connectivity index is 0.000000262. The Morgan fingerprint density at radius 3 is 1.73 bits per heavy atom. The van der Waals surface area contributed by atoms with Gasteiger partial charge < -0.3 is 10.5 Å². The minimum atomic E-state index is -3.13. The summed E-state index contributed by atoms with van der Waals surface area (Å²) in [6, 6.07) is 0. The smallest absolute Gasteiger partial charge is 0.405 e. The standard InChI is InChI=1S/C5H11NO2.C3H7NO2S/c1-5(2,3)8-4(6)7;4-7(5,6)3-1-2-3/h1-3H3,(H2,6,7);3H,1-2H2,(H2,4,5,6). The van der Waals surface area contributed by atoms with E-state index in [1.807, 2.05) is 0 Å². The predicted molar refractivity (Wildman–Crippen MR) is 56.6 cm³/mol. The Bertz CT molecular complexity index is 314. The third-order valence-electron chi connectivity index (χ3n) is 1.40. The molecule has 0 aliphatic heterocycles. The molecule has 0 aromatic carbocycles. The number of carbonyl (C=O) groups excluding carboxylic acids is 1. The summed E-state index contributed by atoms with van der Waals surface area (Å²) in [5, 5.41) is 4.51. The van der Waals surface area contributed by atoms with Crippen LogP contribution in [0.2, 0.25) is 0 Å². The largest absolute Gasteiger partial charge is 0.444 e. The van der Waals surface area contributed by atoms with Crippen molar-refractivity contribution in [2.45, 2.75) is 44.5 Å². The molecule has 1 fully saturated rings. The van der Waals surface area contributed by atoms with Gasteiger partial charge in [-0.25, -0.2) is 18.4 Å². The van der Waals surface area contributed by atoms with Crippen LogP contribution in [0.4, 0.5) is 4.79 Å². The summed E-state index contributed by atoms with van der Waals surface area (Å²) in [5.74, 6) is 0. The number of nitrogens with two attached hydrogens (primary N) is 2. The van der Waals surface area contributed by atoms with E-state index in [1.165, 1.54) is 0 Å². The molecule has 0 atom stereocenters. The maximum atomic E-state index is 10.2. The van der Waals surface area contributed by atoms with Gasteiger partial charge in [0.1, 0.15) is 5.60 Å². The second-order valence-corrected chi connectivity index (χ2v) is 6.17. The van der Waals surface area contributed by atoms with E-state index in [-0.39, 0.29) is 5.25 Å². The maximum absolute atomic E-state index is 10.2. The molecule has 15 heavy (non-hydrogen) atoms. The molecule has 4 N–H and O–H groups in total. The van der Waals surface area contributed by atoms with E-state index in [2.05, 4.69) is 4.74 Å². The molecule has 0 saturated heterocycles. The van der Waals surface area contributed by atoms with Crippen LogP contribution in [0.5, 0.6) is 0 Å². The summed E-state index contributed by atoms with van der Waals surface area (Å²) in [5.41, 5.74) is 4.26. The van der Waals surface area contributed by atoms with Crippen molar-refractivity contribution in [1.82, 2.24) is 0 Å². The number of amides is 1. The van der Waals surface area contributed by atoms with Gasteiger partial charge in [0.25, 0.3) is 0 Å². The summed E-state index contributed by atoms with van der Waals surface area (Å²) in [7, 11) is -3.13. The zero-order valence-corrected chi connectivity index (χ0v) is 10.0. The number of rotatable bonds is 1. The Morgan fingerprint density at radius 2 is 1.73 bits per heavy atom. The second-order valence-electron chi connectivity index (χ2n) is 4.32. The molecule has 1 rings (SSSR count). The van der Waals surface area contributed by atoms with E-state index in [9.17, 15) is 13.2 Å². The molecule has 0 aromatic heterocycles. The van der Waals surface area contributed by atoms with Gasteiger partial charge in [0.15, 0.2) is 0 Å². The number of sulfonamides is 1. The third-order valence-corrected chi connectivity index (χ3v) is 2.80. The van der Waals surface area contributed by atoms with Gasteiger partial charge in [-0.1, -0.05) is 0 Å². The fraction of sp³-hybridized carbons (Fsp3) is 0.875. The molecule has 0 heterocycles. The topological polar surface area (TPSA) is 112 Å². The highest BCUT2D eigenvalue weighted by Gasteiger charge is 2.32. The van der Waals surface area contributed by atoms with E-state index in [4.69, 9.17) is 10.9 Å². The summed E-state index contributed by atoms with van der Waals surface area (Å²) in [6.45, 7) is 5.28. The first-order valence-corrected chi connectivity index (χ1v) is 6.13. The lowest BCUT2D eigenvalue weighted by Crippen LogP contribution is -2.27. The van der Waals surface area contributed by atoms with Crippen LogP contribution in [0.25, 0.3) is 0 Å². The third kappa shape index (κ3) is 9.48. The van der Waals surface area contributed by atoms with Gasteiger partial charge >= 0.3 is 6.09 Å². The molecule has 0 aromatic rings. The van der Waals surface area contributed by atoms with Crippen LogP contribution in [0, 0.1) is 0 Å². The minimum absolute atomic E-state index is 0.201. The lowest BCUT2D eigenvalue weighted by atomic mass is 10.2. The monoisotopic (exact) mass is 238 g/mol. The number of primary sulfonamides is 1. The van der Waals surface area contributed by atoms with Crippen molar-refractivity contribution >= 4 is 16.1 Å². The summed E-state index contributed by atoms with van der Waals surface area (Å²) >= 11 is 0. The number of hydrogen-bond acceptors (Lipinski definition) is 4. The van der Waals surface area contributed by atoms with Crippen LogP contribution in [0.15, 0.2) is 0 Å². The summed E-state index contributed by atoms with van der Waals surface area (Å²) in [4.78, 5) is 10.0. The highest BCUT2D eigenvalue weighted by Crippen LogP contribution is 2.25. The van der Waals surface area contributed by atoms with Crippen molar-refractivity contribution in [3.63, 3.8) is 0 Å². The average Bonchev–Trinajstić information content (AvgIpc) is 2.56. The molecule has 1 aliphatic rings. The molecule has 7 heteroatoms. The van der Waals surface area contributed by atoms with Crippen LogP contribution in [-0.2, 0) is 14.8 Å². The molecular weight excluding hydrogens is 220 g/mol. The van der Waals surface area contributed by atoms with E-state index in [0.717, 1.165) is 12.8 Å². The first kappa shape index (κ1) is 14.2. The summed E-state index contributed by atoms with van der Waals surface area (Å²) in [6.07, 6.45) is 0.801. The van der Waals surface area contributed by atoms with E-state index in [0.29, 0.717) is 0 Å². The van der Waals surface area contributed by atoms with Gasteiger partial charge in [-0.15, -0.1) is 0 Å². The van der Waals surface area contributed by atoms with Crippen molar-refractivity contribution in [2.24, 2.45) is 10.9 Å². The summed E-state index contributed by atoms with van der Waals surface area (Å²) < 4.78 is 24.9. The van der Waals surface area contributed by atoms with Gasteiger partial charge in [-0.3, -0.25) is 0 Å². The number of hydrogen-bond donors (Lipinski definition) is 2. The minimum Gasteiger partial charge on any atom is -0.444 e. The van der Waals surface area contributed by atoms with Crippen LogP contribution in [-0.4, -0.2) is 25.4 Å². The average molecular weight is 238 g/mol. The Morgan fingerprint density at radius 1 is 1.33 bits per heavy atom. The van der Waals surface area contributed by atoms with Crippen LogP contribution >= 0.6 is 0 Å². The van der Waals surface area contributed by atoms with Crippen LogP contribution in [0.1, 0.15) is 33.6 Å². The number of primary amides is 1. The fourth-order valence-electron chi connectivity index (χ4n) is 0.698. The second kappa shape index (κ2) is 4.80. The van der Waals surface area contributed by atoms with Crippen molar-refractivity contribution in [2.75, 3.05) is 0 Å². The van der Waals surface area contributed by atoms with E-state index in [1.54, 1.807) is 20.8 Å². The Kier molecular flexibility index (Phi) is 4.54. The quantitative estimate of drug-likeness (QED) is 0.684. The van der Waals surface area contributed by atoms with E-state index < -0.39 is 21.7 Å². The van der Waals surface area contributed by atoms with E-state index >= 15 is 0 Å². The molecule has 0 bridgehead atoms. The molecular formula is C8H18N2O4S. The molecule has 0 spiro atoms. The van der Waals surface area contributed by atoms with Crippen molar-refractivity contribution in [3.05, 3.63) is 0 Å². The lowest BCUT2D eigenvalue weighted by molar-refractivity contribution is 0.0600. The molecule has 0 unspecified atom stereocenters.